The van der Waals surface area contributed by atoms with Crippen LogP contribution in [0.3, 0.4) is 0 Å². The fourth-order valence-electron chi connectivity index (χ4n) is 1.32. The van der Waals surface area contributed by atoms with E-state index in [1.54, 1.807) is 0 Å². The quantitative estimate of drug-likeness (QED) is 0.588. The number of alkyl halides is 12. The van der Waals surface area contributed by atoms with E-state index in [4.69, 9.17) is 0 Å². The van der Waals surface area contributed by atoms with Crippen LogP contribution in [0.2, 0.25) is 0 Å². The van der Waals surface area contributed by atoms with Crippen molar-refractivity contribution in [2.45, 2.75) is 56.0 Å². The van der Waals surface area contributed by atoms with E-state index in [9.17, 15) is 57.5 Å². The van der Waals surface area contributed by atoms with Gasteiger partial charge < -0.3 is 10.1 Å². The standard InChI is InChI=1S/C11H11F12NO2/c1-4(2)26-6(25)24-3-7(14,15)9(18,19)11(22,23)10(20,21)8(16,17)5(12)13/h4-5H,3H2,1-2H3,(H,24,25). The predicted molar refractivity (Wildman–Crippen MR) is 60.4 cm³/mol. The van der Waals surface area contributed by atoms with Crippen LogP contribution in [-0.4, -0.2) is 54.8 Å². The molecule has 0 atom stereocenters. The first-order valence-electron chi connectivity index (χ1n) is 6.37. The van der Waals surface area contributed by atoms with Crippen LogP contribution in [0.1, 0.15) is 13.8 Å². The zero-order valence-corrected chi connectivity index (χ0v) is 12.7. The zero-order chi connectivity index (χ0) is 21.4. The van der Waals surface area contributed by atoms with Crippen LogP contribution in [0.15, 0.2) is 0 Å². The van der Waals surface area contributed by atoms with Crippen LogP contribution in [0.4, 0.5) is 57.5 Å². The van der Waals surface area contributed by atoms with E-state index < -0.39 is 54.8 Å². The van der Waals surface area contributed by atoms with Crippen molar-refractivity contribution in [1.29, 1.82) is 0 Å². The highest BCUT2D eigenvalue weighted by atomic mass is 19.4. The van der Waals surface area contributed by atoms with Crippen LogP contribution in [0, 0.1) is 0 Å². The van der Waals surface area contributed by atoms with E-state index in [0.29, 0.717) is 0 Å². The predicted octanol–water partition coefficient (Wildman–Crippen LogP) is 4.56. The van der Waals surface area contributed by atoms with E-state index in [1.807, 2.05) is 0 Å². The lowest BCUT2D eigenvalue weighted by Gasteiger charge is -2.39. The molecule has 0 saturated heterocycles. The molecule has 15 heteroatoms. The second-order valence-corrected chi connectivity index (χ2v) is 5.16. The average Bonchev–Trinajstić information content (AvgIpc) is 2.43. The Hall–Kier alpha value is -1.57. The van der Waals surface area contributed by atoms with Gasteiger partial charge in [0.2, 0.25) is 0 Å². The van der Waals surface area contributed by atoms with E-state index in [1.165, 1.54) is 0 Å². The van der Waals surface area contributed by atoms with Crippen molar-refractivity contribution >= 4 is 6.09 Å². The van der Waals surface area contributed by atoms with Crippen molar-refractivity contribution in [1.82, 2.24) is 5.32 Å². The smallest absolute Gasteiger partial charge is 0.407 e. The summed E-state index contributed by atoms with van der Waals surface area (Å²) in [5.41, 5.74) is 0. The molecule has 0 aliphatic rings. The first-order valence-corrected chi connectivity index (χ1v) is 6.37. The summed E-state index contributed by atoms with van der Waals surface area (Å²) in [6.45, 7) is -0.418. The summed E-state index contributed by atoms with van der Waals surface area (Å²) < 4.78 is 158. The Kier molecular flexibility index (Phi) is 6.78. The molecule has 0 aliphatic carbocycles. The lowest BCUT2D eigenvalue weighted by Crippen LogP contribution is -2.70. The molecule has 0 fully saturated rings. The average molecular weight is 417 g/mol. The molecule has 0 unspecified atom stereocenters. The van der Waals surface area contributed by atoms with Gasteiger partial charge in [-0.25, -0.2) is 13.6 Å². The first kappa shape index (κ1) is 24.4. The summed E-state index contributed by atoms with van der Waals surface area (Å²) in [4.78, 5) is 10.9. The highest BCUT2D eigenvalue weighted by molar-refractivity contribution is 5.67. The summed E-state index contributed by atoms with van der Waals surface area (Å²) in [5.74, 6) is -35.7. The van der Waals surface area contributed by atoms with E-state index in [-0.39, 0.29) is 0 Å². The Morgan fingerprint density at radius 2 is 1.27 bits per heavy atom. The molecule has 0 heterocycles. The van der Waals surface area contributed by atoms with Crippen LogP contribution in [-0.2, 0) is 4.74 Å². The molecule has 0 saturated carbocycles. The molecular formula is C11H11F12NO2. The maximum atomic E-state index is 13.2. The highest BCUT2D eigenvalue weighted by Gasteiger charge is 2.87. The Balaban J connectivity index is 5.70. The highest BCUT2D eigenvalue weighted by Crippen LogP contribution is 2.57. The SMILES string of the molecule is CC(C)OC(=O)NCC(F)(F)C(F)(F)C(F)(F)C(F)(F)C(F)(F)C(F)F. The van der Waals surface area contributed by atoms with Crippen molar-refractivity contribution in [2.24, 2.45) is 0 Å². The van der Waals surface area contributed by atoms with Crippen LogP contribution in [0.25, 0.3) is 0 Å². The Labute approximate surface area is 137 Å². The van der Waals surface area contributed by atoms with Gasteiger partial charge in [-0.1, -0.05) is 0 Å². The summed E-state index contributed by atoms with van der Waals surface area (Å²) >= 11 is 0. The third-order valence-electron chi connectivity index (χ3n) is 2.74. The summed E-state index contributed by atoms with van der Waals surface area (Å²) in [6.07, 6.45) is -8.39. The number of nitrogens with one attached hydrogen (secondary N) is 1. The number of rotatable bonds is 8. The zero-order valence-electron chi connectivity index (χ0n) is 12.7. The van der Waals surface area contributed by atoms with Crippen molar-refractivity contribution in [3.63, 3.8) is 0 Å². The minimum absolute atomic E-state index is 0.840. The minimum atomic E-state index is -7.62. The van der Waals surface area contributed by atoms with Crippen LogP contribution in [0.5, 0.6) is 0 Å². The van der Waals surface area contributed by atoms with Crippen molar-refractivity contribution in [3.8, 4) is 0 Å². The monoisotopic (exact) mass is 417 g/mol. The number of alkyl carbamates (subject to hydrolysis) is 1. The molecule has 0 aromatic heterocycles. The third kappa shape index (κ3) is 4.05. The van der Waals surface area contributed by atoms with Gasteiger partial charge in [-0.3, -0.25) is 0 Å². The normalized spacial score (nSPS) is 14.8. The number of amides is 1. The Bertz CT molecular complexity index is 505. The summed E-state index contributed by atoms with van der Waals surface area (Å²) in [7, 11) is 0. The van der Waals surface area contributed by atoms with Gasteiger partial charge in [0.25, 0.3) is 0 Å². The van der Waals surface area contributed by atoms with Crippen molar-refractivity contribution in [3.05, 3.63) is 0 Å². The van der Waals surface area contributed by atoms with Gasteiger partial charge in [-0.2, -0.15) is 43.9 Å². The number of hydrogen-bond acceptors (Lipinski definition) is 2. The largest absolute Gasteiger partial charge is 0.447 e. The van der Waals surface area contributed by atoms with Gasteiger partial charge in [0, 0.05) is 0 Å². The lowest BCUT2D eigenvalue weighted by molar-refractivity contribution is -0.411. The van der Waals surface area contributed by atoms with Gasteiger partial charge >= 0.3 is 42.1 Å². The van der Waals surface area contributed by atoms with Crippen molar-refractivity contribution < 1.29 is 62.2 Å². The fourth-order valence-corrected chi connectivity index (χ4v) is 1.32. The molecule has 0 radical (unpaired) electrons. The molecule has 0 aromatic rings. The number of ether oxygens (including phenoxy) is 1. The molecule has 156 valence electrons. The maximum Gasteiger partial charge on any atom is 0.407 e. The maximum absolute atomic E-state index is 13.2. The second kappa shape index (κ2) is 7.21. The molecular weight excluding hydrogens is 406 g/mol. The lowest BCUT2D eigenvalue weighted by atomic mass is 9.94. The summed E-state index contributed by atoms with van der Waals surface area (Å²) in [5, 5.41) is 0.840. The number of carbonyl (C=O) groups excluding carboxylic acids is 1. The molecule has 0 spiro atoms. The second-order valence-electron chi connectivity index (χ2n) is 5.16. The fraction of sp³-hybridized carbons (Fsp3) is 0.909. The van der Waals surface area contributed by atoms with Gasteiger partial charge in [-0.15, -0.1) is 0 Å². The molecule has 1 amide bonds. The van der Waals surface area contributed by atoms with Crippen LogP contribution >= 0.6 is 0 Å². The number of halogens is 12. The molecule has 1 N–H and O–H groups in total. The van der Waals surface area contributed by atoms with Crippen molar-refractivity contribution in [2.75, 3.05) is 6.54 Å². The van der Waals surface area contributed by atoms with Crippen LogP contribution < -0.4 is 5.32 Å². The molecule has 0 rings (SSSR count). The van der Waals surface area contributed by atoms with E-state index >= 15 is 0 Å². The first-order chi connectivity index (χ1) is 11.3. The molecule has 0 aromatic carbocycles. The summed E-state index contributed by atoms with van der Waals surface area (Å²) in [6, 6.07) is 0. The third-order valence-corrected chi connectivity index (χ3v) is 2.74. The Morgan fingerprint density at radius 3 is 1.62 bits per heavy atom. The molecule has 3 nitrogen and oxygen atoms in total. The Morgan fingerprint density at radius 1 is 0.846 bits per heavy atom. The molecule has 26 heavy (non-hydrogen) atoms. The van der Waals surface area contributed by atoms with Gasteiger partial charge in [0.05, 0.1) is 12.6 Å². The number of carbonyl (C=O) groups is 1. The number of hydrogen-bond donors (Lipinski definition) is 1. The van der Waals surface area contributed by atoms with Gasteiger partial charge in [0.1, 0.15) is 0 Å². The van der Waals surface area contributed by atoms with Gasteiger partial charge in [-0.05, 0) is 13.8 Å². The minimum Gasteiger partial charge on any atom is -0.447 e. The van der Waals surface area contributed by atoms with E-state index in [2.05, 4.69) is 4.74 Å². The van der Waals surface area contributed by atoms with Gasteiger partial charge in [0.15, 0.2) is 0 Å². The molecule has 0 aliphatic heterocycles. The van der Waals surface area contributed by atoms with E-state index in [0.717, 1.165) is 19.2 Å². The molecule has 0 bridgehead atoms. The topological polar surface area (TPSA) is 38.3 Å².